The molecular weight excluding hydrogens is 254 g/mol. The highest BCUT2D eigenvalue weighted by molar-refractivity contribution is 6.10. The van der Waals surface area contributed by atoms with E-state index in [4.69, 9.17) is 9.47 Å². The summed E-state index contributed by atoms with van der Waals surface area (Å²) in [5, 5.41) is 0. The van der Waals surface area contributed by atoms with Gasteiger partial charge in [-0.2, -0.15) is 0 Å². The van der Waals surface area contributed by atoms with Gasteiger partial charge in [-0.3, -0.25) is 9.78 Å². The lowest BCUT2D eigenvalue weighted by Gasteiger charge is -2.09. The largest absolute Gasteiger partial charge is 0.497 e. The molecule has 0 atom stereocenters. The molecule has 0 unspecified atom stereocenters. The van der Waals surface area contributed by atoms with Crippen molar-refractivity contribution in [1.29, 1.82) is 0 Å². The molecular formula is C16H17NO3. The van der Waals surface area contributed by atoms with Crippen molar-refractivity contribution in [2.75, 3.05) is 14.2 Å². The smallest absolute Gasteiger partial charge is 0.195 e. The zero-order valence-electron chi connectivity index (χ0n) is 12.1. The number of hydrogen-bond donors (Lipinski definition) is 0. The van der Waals surface area contributed by atoms with Crippen LogP contribution in [0.1, 0.15) is 27.3 Å². The average molecular weight is 271 g/mol. The van der Waals surface area contributed by atoms with E-state index in [0.717, 1.165) is 11.4 Å². The molecule has 2 aromatic rings. The number of aromatic nitrogens is 1. The quantitative estimate of drug-likeness (QED) is 0.802. The van der Waals surface area contributed by atoms with Gasteiger partial charge in [-0.25, -0.2) is 0 Å². The molecule has 1 aromatic carbocycles. The Balaban J connectivity index is 2.47. The van der Waals surface area contributed by atoms with E-state index in [2.05, 4.69) is 4.98 Å². The van der Waals surface area contributed by atoms with Crippen LogP contribution in [-0.2, 0) is 0 Å². The van der Waals surface area contributed by atoms with Gasteiger partial charge in [-0.05, 0) is 38.1 Å². The van der Waals surface area contributed by atoms with Crippen LogP contribution < -0.4 is 9.47 Å². The van der Waals surface area contributed by atoms with Crippen LogP contribution in [0.2, 0.25) is 0 Å². The number of ether oxygens (including phenoxy) is 2. The number of carbonyl (C=O) groups is 1. The second-order valence-electron chi connectivity index (χ2n) is 4.52. The van der Waals surface area contributed by atoms with Crippen molar-refractivity contribution in [3.05, 3.63) is 52.8 Å². The molecule has 1 heterocycles. The third kappa shape index (κ3) is 2.79. The Kier molecular flexibility index (Phi) is 4.03. The molecule has 104 valence electrons. The highest BCUT2D eigenvalue weighted by Crippen LogP contribution is 2.24. The third-order valence-electron chi connectivity index (χ3n) is 3.08. The van der Waals surface area contributed by atoms with Gasteiger partial charge >= 0.3 is 0 Å². The fraction of sp³-hybridized carbons (Fsp3) is 0.250. The van der Waals surface area contributed by atoms with E-state index >= 15 is 0 Å². The molecule has 4 nitrogen and oxygen atoms in total. The highest BCUT2D eigenvalue weighted by atomic mass is 16.5. The number of carbonyl (C=O) groups excluding carboxylic acids is 1. The Labute approximate surface area is 118 Å². The average Bonchev–Trinajstić information content (AvgIpc) is 2.46. The normalized spacial score (nSPS) is 10.2. The monoisotopic (exact) mass is 271 g/mol. The first-order valence-electron chi connectivity index (χ1n) is 6.27. The zero-order chi connectivity index (χ0) is 14.7. The minimum atomic E-state index is -0.0906. The summed E-state index contributed by atoms with van der Waals surface area (Å²) >= 11 is 0. The fourth-order valence-electron chi connectivity index (χ4n) is 2.02. The molecule has 0 saturated carbocycles. The predicted octanol–water partition coefficient (Wildman–Crippen LogP) is 2.95. The van der Waals surface area contributed by atoms with E-state index in [1.165, 1.54) is 0 Å². The van der Waals surface area contributed by atoms with Crippen molar-refractivity contribution in [3.8, 4) is 11.5 Å². The molecule has 0 amide bonds. The second-order valence-corrected chi connectivity index (χ2v) is 4.52. The topological polar surface area (TPSA) is 48.4 Å². The summed E-state index contributed by atoms with van der Waals surface area (Å²) < 4.78 is 10.4. The highest BCUT2D eigenvalue weighted by Gasteiger charge is 2.15. The zero-order valence-corrected chi connectivity index (χ0v) is 12.1. The van der Waals surface area contributed by atoms with Crippen molar-refractivity contribution in [1.82, 2.24) is 4.98 Å². The van der Waals surface area contributed by atoms with Crippen LogP contribution >= 0.6 is 0 Å². The second kappa shape index (κ2) is 5.74. The molecule has 0 aliphatic heterocycles. The van der Waals surface area contributed by atoms with Gasteiger partial charge in [0.15, 0.2) is 5.78 Å². The lowest BCUT2D eigenvalue weighted by molar-refractivity contribution is 0.103. The summed E-state index contributed by atoms with van der Waals surface area (Å²) in [6.45, 7) is 3.73. The van der Waals surface area contributed by atoms with Crippen LogP contribution in [0.25, 0.3) is 0 Å². The molecule has 0 radical (unpaired) electrons. The van der Waals surface area contributed by atoms with Crippen molar-refractivity contribution < 1.29 is 14.3 Å². The number of benzene rings is 1. The Morgan fingerprint density at radius 2 is 1.60 bits per heavy atom. The van der Waals surface area contributed by atoms with Gasteiger partial charge in [0.1, 0.15) is 11.5 Å². The number of rotatable bonds is 4. The van der Waals surface area contributed by atoms with E-state index in [-0.39, 0.29) is 5.78 Å². The molecule has 4 heteroatoms. The lowest BCUT2D eigenvalue weighted by Crippen LogP contribution is -2.06. The standard InChI is InChI=1S/C16H17NO3/c1-10-5-6-15(11(2)17-10)16(18)12-7-13(19-3)9-14(8-12)20-4/h5-9H,1-4H3. The minimum absolute atomic E-state index is 0.0906. The first kappa shape index (κ1) is 14.1. The molecule has 2 rings (SSSR count). The number of aryl methyl sites for hydroxylation is 2. The number of ketones is 1. The maximum absolute atomic E-state index is 12.6. The van der Waals surface area contributed by atoms with Gasteiger partial charge in [0.25, 0.3) is 0 Å². The van der Waals surface area contributed by atoms with Gasteiger partial charge < -0.3 is 9.47 Å². The van der Waals surface area contributed by atoms with Gasteiger partial charge in [0, 0.05) is 28.6 Å². The Morgan fingerprint density at radius 3 is 2.10 bits per heavy atom. The molecule has 0 N–H and O–H groups in total. The van der Waals surface area contributed by atoms with E-state index in [1.807, 2.05) is 19.9 Å². The van der Waals surface area contributed by atoms with Gasteiger partial charge in [0.2, 0.25) is 0 Å². The Hall–Kier alpha value is -2.36. The lowest BCUT2D eigenvalue weighted by atomic mass is 10.0. The fourth-order valence-corrected chi connectivity index (χ4v) is 2.02. The molecule has 0 bridgehead atoms. The van der Waals surface area contributed by atoms with Crippen LogP contribution in [0.5, 0.6) is 11.5 Å². The summed E-state index contributed by atoms with van der Waals surface area (Å²) in [7, 11) is 3.11. The summed E-state index contributed by atoms with van der Waals surface area (Å²) in [4.78, 5) is 16.9. The van der Waals surface area contributed by atoms with Crippen LogP contribution in [0, 0.1) is 13.8 Å². The number of methoxy groups -OCH3 is 2. The molecule has 20 heavy (non-hydrogen) atoms. The van der Waals surface area contributed by atoms with Crippen molar-refractivity contribution >= 4 is 5.78 Å². The first-order chi connectivity index (χ1) is 9.55. The first-order valence-corrected chi connectivity index (χ1v) is 6.27. The van der Waals surface area contributed by atoms with E-state index < -0.39 is 0 Å². The van der Waals surface area contributed by atoms with Crippen molar-refractivity contribution in [2.24, 2.45) is 0 Å². The summed E-state index contributed by atoms with van der Waals surface area (Å²) in [5.74, 6) is 1.09. The van der Waals surface area contributed by atoms with Gasteiger partial charge in [-0.15, -0.1) is 0 Å². The van der Waals surface area contributed by atoms with Gasteiger partial charge in [-0.1, -0.05) is 0 Å². The Morgan fingerprint density at radius 1 is 1.00 bits per heavy atom. The number of hydrogen-bond acceptors (Lipinski definition) is 4. The molecule has 1 aromatic heterocycles. The molecule has 0 aliphatic rings. The van der Waals surface area contributed by atoms with Crippen LogP contribution in [0.3, 0.4) is 0 Å². The molecule has 0 aliphatic carbocycles. The van der Waals surface area contributed by atoms with Crippen LogP contribution in [-0.4, -0.2) is 25.0 Å². The maximum Gasteiger partial charge on any atom is 0.195 e. The summed E-state index contributed by atoms with van der Waals surface area (Å²) in [6, 6.07) is 8.76. The predicted molar refractivity (Wildman–Crippen MR) is 76.7 cm³/mol. The molecule has 0 saturated heterocycles. The van der Waals surface area contributed by atoms with E-state index in [0.29, 0.717) is 22.6 Å². The maximum atomic E-state index is 12.6. The van der Waals surface area contributed by atoms with Crippen molar-refractivity contribution in [3.63, 3.8) is 0 Å². The van der Waals surface area contributed by atoms with E-state index in [1.54, 1.807) is 38.5 Å². The SMILES string of the molecule is COc1cc(OC)cc(C(=O)c2ccc(C)nc2C)c1. The minimum Gasteiger partial charge on any atom is -0.497 e. The van der Waals surface area contributed by atoms with E-state index in [9.17, 15) is 4.79 Å². The summed E-state index contributed by atoms with van der Waals surface area (Å²) in [6.07, 6.45) is 0. The van der Waals surface area contributed by atoms with Gasteiger partial charge in [0.05, 0.1) is 14.2 Å². The van der Waals surface area contributed by atoms with Crippen LogP contribution in [0.15, 0.2) is 30.3 Å². The summed E-state index contributed by atoms with van der Waals surface area (Å²) in [5.41, 5.74) is 2.72. The van der Waals surface area contributed by atoms with Crippen molar-refractivity contribution in [2.45, 2.75) is 13.8 Å². The number of nitrogens with zero attached hydrogens (tertiary/aromatic N) is 1. The van der Waals surface area contributed by atoms with Crippen LogP contribution in [0.4, 0.5) is 0 Å². The number of pyridine rings is 1. The molecule has 0 spiro atoms. The Bertz CT molecular complexity index is 628. The molecule has 0 fully saturated rings. The third-order valence-corrected chi connectivity index (χ3v) is 3.08.